The molecule has 0 saturated heterocycles. The van der Waals surface area contributed by atoms with Gasteiger partial charge in [0, 0.05) is 12.4 Å². The quantitative estimate of drug-likeness (QED) is 0.482. The molecule has 4 heteroatoms. The van der Waals surface area contributed by atoms with Crippen LogP contribution in [0.1, 0.15) is 27.7 Å². The Balaban J connectivity index is 0.000000448. The normalized spacial score (nSPS) is 10.1. The number of H-pyrrole nitrogens is 1. The van der Waals surface area contributed by atoms with Crippen molar-refractivity contribution >= 4 is 32.7 Å². The van der Waals surface area contributed by atoms with Gasteiger partial charge in [-0.15, -0.1) is 0 Å². The van der Waals surface area contributed by atoms with Crippen molar-refractivity contribution in [3.8, 4) is 0 Å². The summed E-state index contributed by atoms with van der Waals surface area (Å²) in [6, 6.07) is 12.2. The van der Waals surface area contributed by atoms with Gasteiger partial charge in [0.15, 0.2) is 5.52 Å². The molecule has 0 aliphatic heterocycles. The lowest BCUT2D eigenvalue weighted by Gasteiger charge is -2.04. The fraction of sp³-hybridized carbons (Fsp3) is 0.263. The van der Waals surface area contributed by atoms with Crippen LogP contribution in [0, 0.1) is 0 Å². The SMILES string of the molecule is CC.CC.Cn1cnc2c(=O)[nH]c3cc4ccccc4cc3c21. The maximum Gasteiger partial charge on any atom is 0.276 e. The number of fused-ring (bicyclic) bond motifs is 4. The molecule has 4 nitrogen and oxygen atoms in total. The third-order valence-electron chi connectivity index (χ3n) is 3.54. The molecule has 0 radical (unpaired) electrons. The smallest absolute Gasteiger partial charge is 0.276 e. The number of aromatic nitrogens is 3. The molecule has 0 aliphatic rings. The molecular weight excluding hydrogens is 286 g/mol. The van der Waals surface area contributed by atoms with Crippen LogP contribution in [-0.4, -0.2) is 14.5 Å². The number of hydrogen-bond donors (Lipinski definition) is 1. The minimum Gasteiger partial charge on any atom is -0.333 e. The Labute approximate surface area is 135 Å². The minimum absolute atomic E-state index is 0.140. The van der Waals surface area contributed by atoms with Crippen LogP contribution in [0.3, 0.4) is 0 Å². The molecular formula is C19H23N3O. The fourth-order valence-corrected chi connectivity index (χ4v) is 2.64. The molecule has 4 aromatic rings. The lowest BCUT2D eigenvalue weighted by Crippen LogP contribution is -2.07. The largest absolute Gasteiger partial charge is 0.333 e. The van der Waals surface area contributed by atoms with Gasteiger partial charge in [-0.25, -0.2) is 4.98 Å². The molecule has 0 saturated carbocycles. The molecule has 120 valence electrons. The summed E-state index contributed by atoms with van der Waals surface area (Å²) in [6.45, 7) is 8.00. The van der Waals surface area contributed by atoms with E-state index >= 15 is 0 Å². The first-order valence-electron chi connectivity index (χ1n) is 8.10. The average Bonchev–Trinajstić information content (AvgIpc) is 3.00. The number of aryl methyl sites for hydroxylation is 1. The number of hydrogen-bond acceptors (Lipinski definition) is 2. The van der Waals surface area contributed by atoms with Crippen LogP contribution in [0.4, 0.5) is 0 Å². The van der Waals surface area contributed by atoms with Gasteiger partial charge in [-0.1, -0.05) is 52.0 Å². The summed E-state index contributed by atoms with van der Waals surface area (Å²) in [7, 11) is 1.91. The van der Waals surface area contributed by atoms with Gasteiger partial charge < -0.3 is 9.55 Å². The molecule has 4 rings (SSSR count). The summed E-state index contributed by atoms with van der Waals surface area (Å²) >= 11 is 0. The summed E-state index contributed by atoms with van der Waals surface area (Å²) in [6.07, 6.45) is 1.68. The first-order chi connectivity index (χ1) is 11.2. The molecule has 23 heavy (non-hydrogen) atoms. The highest BCUT2D eigenvalue weighted by atomic mass is 16.1. The highest BCUT2D eigenvalue weighted by Gasteiger charge is 2.10. The van der Waals surface area contributed by atoms with Gasteiger partial charge in [0.25, 0.3) is 5.56 Å². The zero-order valence-corrected chi connectivity index (χ0v) is 14.3. The van der Waals surface area contributed by atoms with Crippen molar-refractivity contribution in [2.75, 3.05) is 0 Å². The minimum atomic E-state index is -0.140. The van der Waals surface area contributed by atoms with E-state index in [0.717, 1.165) is 27.2 Å². The summed E-state index contributed by atoms with van der Waals surface area (Å²) in [4.78, 5) is 19.1. The Morgan fingerprint density at radius 1 is 1.00 bits per heavy atom. The second-order valence-electron chi connectivity index (χ2n) is 4.75. The number of imidazole rings is 1. The van der Waals surface area contributed by atoms with Crippen molar-refractivity contribution in [1.82, 2.24) is 14.5 Å². The van der Waals surface area contributed by atoms with E-state index in [4.69, 9.17) is 0 Å². The molecule has 1 N–H and O–H groups in total. The van der Waals surface area contributed by atoms with Gasteiger partial charge in [0.1, 0.15) is 0 Å². The molecule has 2 aromatic carbocycles. The molecule has 0 aliphatic carbocycles. The predicted molar refractivity (Wildman–Crippen MR) is 99.0 cm³/mol. The first-order valence-corrected chi connectivity index (χ1v) is 8.10. The third-order valence-corrected chi connectivity index (χ3v) is 3.54. The zero-order chi connectivity index (χ0) is 17.0. The van der Waals surface area contributed by atoms with Gasteiger partial charge in [0.05, 0.1) is 17.4 Å². The molecule has 0 amide bonds. The van der Waals surface area contributed by atoms with E-state index in [1.165, 1.54) is 0 Å². The number of nitrogens with one attached hydrogen (secondary N) is 1. The molecule has 0 spiro atoms. The molecule has 0 fully saturated rings. The van der Waals surface area contributed by atoms with Crippen LogP contribution in [-0.2, 0) is 7.05 Å². The second-order valence-corrected chi connectivity index (χ2v) is 4.75. The van der Waals surface area contributed by atoms with Gasteiger partial charge in [-0.3, -0.25) is 4.79 Å². The third kappa shape index (κ3) is 2.84. The van der Waals surface area contributed by atoms with E-state index in [0.29, 0.717) is 5.52 Å². The molecule has 0 unspecified atom stereocenters. The van der Waals surface area contributed by atoms with Crippen molar-refractivity contribution in [2.24, 2.45) is 7.05 Å². The van der Waals surface area contributed by atoms with E-state index in [1.807, 2.05) is 63.6 Å². The van der Waals surface area contributed by atoms with Crippen molar-refractivity contribution < 1.29 is 0 Å². The monoisotopic (exact) mass is 309 g/mol. The topological polar surface area (TPSA) is 50.7 Å². The molecule has 2 aromatic heterocycles. The predicted octanol–water partition coefficient (Wildman–Crippen LogP) is 4.62. The van der Waals surface area contributed by atoms with Gasteiger partial charge in [0.2, 0.25) is 0 Å². The van der Waals surface area contributed by atoms with E-state index in [1.54, 1.807) is 6.33 Å². The summed E-state index contributed by atoms with van der Waals surface area (Å²) in [5.41, 5.74) is 2.08. The Hall–Kier alpha value is -2.62. The first kappa shape index (κ1) is 16.7. The molecule has 2 heterocycles. The molecule has 0 atom stereocenters. The second kappa shape index (κ2) is 7.09. The van der Waals surface area contributed by atoms with E-state index < -0.39 is 0 Å². The highest BCUT2D eigenvalue weighted by Crippen LogP contribution is 2.25. The average molecular weight is 309 g/mol. The van der Waals surface area contributed by atoms with Crippen molar-refractivity contribution in [1.29, 1.82) is 0 Å². The van der Waals surface area contributed by atoms with Crippen LogP contribution < -0.4 is 5.56 Å². The maximum atomic E-state index is 12.0. The fourth-order valence-electron chi connectivity index (χ4n) is 2.64. The van der Waals surface area contributed by atoms with E-state index in [2.05, 4.69) is 22.1 Å². The Morgan fingerprint density at radius 3 is 2.26 bits per heavy atom. The number of rotatable bonds is 0. The van der Waals surface area contributed by atoms with Crippen molar-refractivity contribution in [3.05, 3.63) is 53.1 Å². The van der Waals surface area contributed by atoms with Gasteiger partial charge in [-0.2, -0.15) is 0 Å². The van der Waals surface area contributed by atoms with Crippen LogP contribution in [0.15, 0.2) is 47.5 Å². The van der Waals surface area contributed by atoms with Crippen LogP contribution in [0.2, 0.25) is 0 Å². The lowest BCUT2D eigenvalue weighted by molar-refractivity contribution is 0.951. The Morgan fingerprint density at radius 2 is 1.61 bits per heavy atom. The van der Waals surface area contributed by atoms with Gasteiger partial charge in [-0.05, 0) is 22.9 Å². The van der Waals surface area contributed by atoms with E-state index in [-0.39, 0.29) is 5.56 Å². The number of pyridine rings is 1. The summed E-state index contributed by atoms with van der Waals surface area (Å²) < 4.78 is 1.89. The number of benzene rings is 2. The van der Waals surface area contributed by atoms with Crippen molar-refractivity contribution in [3.63, 3.8) is 0 Å². The standard InChI is InChI=1S/C15H11N3O.2C2H6/c1-18-8-16-13-14(18)11-6-9-4-2-3-5-10(9)7-12(11)17-15(13)19;2*1-2/h2-8H,1H3,(H,17,19);2*1-2H3. The molecule has 0 bridgehead atoms. The van der Waals surface area contributed by atoms with Crippen LogP contribution in [0.25, 0.3) is 32.7 Å². The number of nitrogens with zero attached hydrogens (tertiary/aromatic N) is 2. The van der Waals surface area contributed by atoms with E-state index in [9.17, 15) is 4.79 Å². The highest BCUT2D eigenvalue weighted by molar-refractivity contribution is 6.07. The summed E-state index contributed by atoms with van der Waals surface area (Å²) in [5.74, 6) is 0. The zero-order valence-electron chi connectivity index (χ0n) is 14.3. The van der Waals surface area contributed by atoms with Crippen LogP contribution >= 0.6 is 0 Å². The summed E-state index contributed by atoms with van der Waals surface area (Å²) in [5, 5.41) is 3.30. The number of aromatic amines is 1. The van der Waals surface area contributed by atoms with Gasteiger partial charge >= 0.3 is 0 Å². The maximum absolute atomic E-state index is 12.0. The van der Waals surface area contributed by atoms with Crippen LogP contribution in [0.5, 0.6) is 0 Å². The van der Waals surface area contributed by atoms with Crippen molar-refractivity contribution in [2.45, 2.75) is 27.7 Å². The lowest BCUT2D eigenvalue weighted by atomic mass is 10.1. The Kier molecular flexibility index (Phi) is 5.16. The Bertz CT molecular complexity index is 996.